The van der Waals surface area contributed by atoms with Crippen molar-refractivity contribution in [3.63, 3.8) is 0 Å². The molecule has 25 heavy (non-hydrogen) atoms. The summed E-state index contributed by atoms with van der Waals surface area (Å²) in [6, 6.07) is 15.6. The van der Waals surface area contributed by atoms with Gasteiger partial charge in [-0.15, -0.1) is 0 Å². The highest BCUT2D eigenvalue weighted by molar-refractivity contribution is 6.23. The SMILES string of the molecule is COC(=O)C1=C(C)N(c2ccccc2)C(=O)/C1=C\c1cccc(O)c1. The van der Waals surface area contributed by atoms with E-state index in [9.17, 15) is 14.7 Å². The summed E-state index contributed by atoms with van der Waals surface area (Å²) in [5.74, 6) is -0.803. The van der Waals surface area contributed by atoms with Crippen LogP contribution in [-0.2, 0) is 14.3 Å². The third-order valence-electron chi connectivity index (χ3n) is 3.99. The molecule has 1 heterocycles. The number of hydrogen-bond donors (Lipinski definition) is 1. The highest BCUT2D eigenvalue weighted by Crippen LogP contribution is 2.35. The van der Waals surface area contributed by atoms with Gasteiger partial charge in [0, 0.05) is 11.4 Å². The number of hydrogen-bond acceptors (Lipinski definition) is 4. The molecule has 5 heteroatoms. The number of methoxy groups -OCH3 is 1. The number of amides is 1. The molecule has 1 aliphatic rings. The zero-order valence-corrected chi connectivity index (χ0v) is 13.9. The summed E-state index contributed by atoms with van der Waals surface area (Å²) >= 11 is 0. The van der Waals surface area contributed by atoms with E-state index >= 15 is 0 Å². The maximum atomic E-state index is 13.0. The predicted molar refractivity (Wildman–Crippen MR) is 94.7 cm³/mol. The Morgan fingerprint density at radius 1 is 1.12 bits per heavy atom. The second-order valence-corrected chi connectivity index (χ2v) is 5.58. The number of phenolic OH excluding ortho intramolecular Hbond substituents is 1. The van der Waals surface area contributed by atoms with E-state index in [1.54, 1.807) is 37.3 Å². The zero-order chi connectivity index (χ0) is 18.0. The van der Waals surface area contributed by atoms with Gasteiger partial charge in [-0.3, -0.25) is 9.69 Å². The highest BCUT2D eigenvalue weighted by Gasteiger charge is 2.37. The number of aromatic hydroxyl groups is 1. The Bertz CT molecular complexity index is 897. The molecule has 0 atom stereocenters. The summed E-state index contributed by atoms with van der Waals surface area (Å²) in [6.07, 6.45) is 1.58. The van der Waals surface area contributed by atoms with Crippen molar-refractivity contribution in [1.82, 2.24) is 0 Å². The number of nitrogens with zero attached hydrogens (tertiary/aromatic N) is 1. The first kappa shape index (κ1) is 16.5. The molecule has 2 aromatic rings. The minimum Gasteiger partial charge on any atom is -0.508 e. The molecule has 2 aromatic carbocycles. The fraction of sp³-hybridized carbons (Fsp3) is 0.100. The van der Waals surface area contributed by atoms with Crippen molar-refractivity contribution >= 4 is 23.6 Å². The Labute approximate surface area is 145 Å². The Balaban J connectivity index is 2.14. The molecule has 0 fully saturated rings. The molecule has 1 amide bonds. The van der Waals surface area contributed by atoms with Gasteiger partial charge in [0.15, 0.2) is 0 Å². The van der Waals surface area contributed by atoms with Crippen LogP contribution in [0, 0.1) is 0 Å². The van der Waals surface area contributed by atoms with Gasteiger partial charge in [-0.05, 0) is 42.8 Å². The lowest BCUT2D eigenvalue weighted by Crippen LogP contribution is -2.24. The fourth-order valence-electron chi connectivity index (χ4n) is 2.85. The van der Waals surface area contributed by atoms with Gasteiger partial charge in [0.25, 0.3) is 5.91 Å². The van der Waals surface area contributed by atoms with E-state index in [1.807, 2.05) is 18.2 Å². The third-order valence-corrected chi connectivity index (χ3v) is 3.99. The standard InChI is InChI=1S/C20H17NO4/c1-13-18(20(24)25-2)17(12-14-7-6-10-16(22)11-14)19(23)21(13)15-8-4-3-5-9-15/h3-12,22H,1-2H3/b17-12-. The minimum atomic E-state index is -0.573. The molecule has 3 rings (SSSR count). The molecule has 1 N–H and O–H groups in total. The summed E-state index contributed by atoms with van der Waals surface area (Å²) in [5, 5.41) is 9.63. The van der Waals surface area contributed by atoms with Crippen molar-refractivity contribution in [2.45, 2.75) is 6.92 Å². The van der Waals surface area contributed by atoms with Crippen molar-refractivity contribution in [2.24, 2.45) is 0 Å². The van der Waals surface area contributed by atoms with E-state index in [2.05, 4.69) is 0 Å². The van der Waals surface area contributed by atoms with Crippen LogP contribution in [0.1, 0.15) is 12.5 Å². The minimum absolute atomic E-state index is 0.0834. The Hall–Kier alpha value is -3.34. The van der Waals surface area contributed by atoms with Crippen molar-refractivity contribution in [3.8, 4) is 5.75 Å². The molecule has 0 bridgehead atoms. The Morgan fingerprint density at radius 3 is 2.48 bits per heavy atom. The molecule has 5 nitrogen and oxygen atoms in total. The molecule has 1 aliphatic heterocycles. The van der Waals surface area contributed by atoms with Crippen LogP contribution in [0.15, 0.2) is 71.4 Å². The van der Waals surface area contributed by atoms with E-state index in [0.717, 1.165) is 0 Å². The summed E-state index contributed by atoms with van der Waals surface area (Å²) in [6.45, 7) is 1.71. The van der Waals surface area contributed by atoms with Gasteiger partial charge in [0.05, 0.1) is 18.3 Å². The van der Waals surface area contributed by atoms with Gasteiger partial charge in [-0.1, -0.05) is 30.3 Å². The maximum absolute atomic E-state index is 13.0. The largest absolute Gasteiger partial charge is 0.508 e. The van der Waals surface area contributed by atoms with E-state index in [0.29, 0.717) is 16.9 Å². The van der Waals surface area contributed by atoms with Gasteiger partial charge >= 0.3 is 5.97 Å². The first-order valence-electron chi connectivity index (χ1n) is 7.72. The smallest absolute Gasteiger partial charge is 0.340 e. The van der Waals surface area contributed by atoms with E-state index in [4.69, 9.17) is 4.74 Å². The van der Waals surface area contributed by atoms with Gasteiger partial charge in [0.1, 0.15) is 5.75 Å². The summed E-state index contributed by atoms with van der Waals surface area (Å²) in [4.78, 5) is 26.7. The average molecular weight is 335 g/mol. The third kappa shape index (κ3) is 3.04. The first-order chi connectivity index (χ1) is 12.0. The second kappa shape index (κ2) is 6.65. The number of esters is 1. The number of allylic oxidation sites excluding steroid dienone is 1. The van der Waals surface area contributed by atoms with Crippen molar-refractivity contribution < 1.29 is 19.4 Å². The lowest BCUT2D eigenvalue weighted by atomic mass is 10.0. The molecule has 0 saturated heterocycles. The number of carbonyl (C=O) groups excluding carboxylic acids is 2. The van der Waals surface area contributed by atoms with Crippen molar-refractivity contribution in [1.29, 1.82) is 0 Å². The number of para-hydroxylation sites is 1. The van der Waals surface area contributed by atoms with Gasteiger partial charge in [-0.25, -0.2) is 4.79 Å². The number of rotatable bonds is 3. The van der Waals surface area contributed by atoms with Crippen LogP contribution in [0.5, 0.6) is 5.75 Å². The molecule has 0 spiro atoms. The Kier molecular flexibility index (Phi) is 4.39. The van der Waals surface area contributed by atoms with Crippen LogP contribution in [0.3, 0.4) is 0 Å². The Morgan fingerprint density at radius 2 is 1.84 bits per heavy atom. The molecular formula is C20H17NO4. The molecule has 126 valence electrons. The lowest BCUT2D eigenvalue weighted by Gasteiger charge is -2.17. The van der Waals surface area contributed by atoms with Gasteiger partial charge in [-0.2, -0.15) is 0 Å². The highest BCUT2D eigenvalue weighted by atomic mass is 16.5. The normalized spacial score (nSPS) is 15.8. The number of benzene rings is 2. The summed E-state index contributed by atoms with van der Waals surface area (Å²) < 4.78 is 4.86. The topological polar surface area (TPSA) is 66.8 Å². The molecule has 0 aromatic heterocycles. The quantitative estimate of drug-likeness (QED) is 0.690. The van der Waals surface area contributed by atoms with Crippen LogP contribution < -0.4 is 4.90 Å². The zero-order valence-electron chi connectivity index (χ0n) is 13.9. The van der Waals surface area contributed by atoms with Gasteiger partial charge < -0.3 is 9.84 Å². The molecule has 0 unspecified atom stereocenters. The second-order valence-electron chi connectivity index (χ2n) is 5.58. The van der Waals surface area contributed by atoms with E-state index in [-0.39, 0.29) is 22.8 Å². The fourth-order valence-corrected chi connectivity index (χ4v) is 2.85. The number of carbonyl (C=O) groups is 2. The monoisotopic (exact) mass is 335 g/mol. The van der Waals surface area contributed by atoms with Crippen LogP contribution >= 0.6 is 0 Å². The molecule has 0 saturated carbocycles. The first-order valence-corrected chi connectivity index (χ1v) is 7.72. The van der Waals surface area contributed by atoms with E-state index in [1.165, 1.54) is 24.1 Å². The maximum Gasteiger partial charge on any atom is 0.340 e. The summed E-state index contributed by atoms with van der Waals surface area (Å²) in [5.41, 5.74) is 2.26. The lowest BCUT2D eigenvalue weighted by molar-refractivity contribution is -0.136. The van der Waals surface area contributed by atoms with Crippen LogP contribution in [0.25, 0.3) is 6.08 Å². The van der Waals surface area contributed by atoms with Crippen LogP contribution in [0.2, 0.25) is 0 Å². The number of ether oxygens (including phenoxy) is 1. The molecule has 0 radical (unpaired) electrons. The van der Waals surface area contributed by atoms with Crippen molar-refractivity contribution in [2.75, 3.05) is 12.0 Å². The molecular weight excluding hydrogens is 318 g/mol. The number of anilines is 1. The predicted octanol–water partition coefficient (Wildman–Crippen LogP) is 3.27. The van der Waals surface area contributed by atoms with Gasteiger partial charge in [0.2, 0.25) is 0 Å². The number of phenols is 1. The average Bonchev–Trinajstić information content (AvgIpc) is 2.85. The molecule has 0 aliphatic carbocycles. The van der Waals surface area contributed by atoms with Crippen LogP contribution in [0.4, 0.5) is 5.69 Å². The summed E-state index contributed by atoms with van der Waals surface area (Å²) in [7, 11) is 1.28. The van der Waals surface area contributed by atoms with E-state index < -0.39 is 5.97 Å². The van der Waals surface area contributed by atoms with Crippen LogP contribution in [-0.4, -0.2) is 24.1 Å². The van der Waals surface area contributed by atoms with Crippen molar-refractivity contribution in [3.05, 3.63) is 77.0 Å².